The van der Waals surface area contributed by atoms with E-state index in [1.807, 2.05) is 6.92 Å². The Labute approximate surface area is 193 Å². The molecule has 7 nitrogen and oxygen atoms in total. The van der Waals surface area contributed by atoms with E-state index < -0.39 is 29.4 Å². The third kappa shape index (κ3) is 5.32. The summed E-state index contributed by atoms with van der Waals surface area (Å²) in [6.45, 7) is 1.99. The number of carbonyl (C=O) groups excluding carboxylic acids is 3. The zero-order chi connectivity index (χ0) is 23.4. The fourth-order valence-electron chi connectivity index (χ4n) is 3.14. The molecule has 33 heavy (non-hydrogen) atoms. The molecular formula is C24H19FN2O5S. The Hall–Kier alpha value is -3.85. The first-order chi connectivity index (χ1) is 15.9. The Balaban J connectivity index is 1.41. The molecule has 0 radical (unpaired) electrons. The van der Waals surface area contributed by atoms with Gasteiger partial charge in [-0.25, -0.2) is 4.39 Å². The van der Waals surface area contributed by atoms with Gasteiger partial charge in [0.15, 0.2) is 0 Å². The number of benzene rings is 2. The van der Waals surface area contributed by atoms with Crippen LogP contribution >= 0.6 is 11.8 Å². The van der Waals surface area contributed by atoms with Crippen molar-refractivity contribution in [2.24, 2.45) is 0 Å². The number of anilines is 1. The largest absolute Gasteiger partial charge is 0.494 e. The van der Waals surface area contributed by atoms with Crippen LogP contribution in [0.4, 0.5) is 14.9 Å². The third-order valence-electron chi connectivity index (χ3n) is 4.63. The van der Waals surface area contributed by atoms with Crippen molar-refractivity contribution in [1.29, 1.82) is 0 Å². The summed E-state index contributed by atoms with van der Waals surface area (Å²) >= 11 is 0.722. The van der Waals surface area contributed by atoms with Gasteiger partial charge in [0, 0.05) is 17.3 Å². The Morgan fingerprint density at radius 2 is 1.94 bits per heavy atom. The Kier molecular flexibility index (Phi) is 6.60. The lowest BCUT2D eigenvalue weighted by Gasteiger charge is -2.12. The molecule has 1 N–H and O–H groups in total. The summed E-state index contributed by atoms with van der Waals surface area (Å²) < 4.78 is 24.4. The smallest absolute Gasteiger partial charge is 0.294 e. The molecule has 2 aromatic carbocycles. The number of hydrogen-bond acceptors (Lipinski definition) is 6. The lowest BCUT2D eigenvalue weighted by Crippen LogP contribution is -2.36. The maximum atomic E-state index is 13.4. The summed E-state index contributed by atoms with van der Waals surface area (Å²) in [6, 6.07) is 16.0. The van der Waals surface area contributed by atoms with Gasteiger partial charge in [-0.2, -0.15) is 0 Å². The molecule has 0 aliphatic carbocycles. The maximum absolute atomic E-state index is 13.4. The first kappa shape index (κ1) is 22.3. The maximum Gasteiger partial charge on any atom is 0.294 e. The molecule has 9 heteroatoms. The summed E-state index contributed by atoms with van der Waals surface area (Å²) in [4.78, 5) is 38.3. The second-order valence-electron chi connectivity index (χ2n) is 6.99. The van der Waals surface area contributed by atoms with Crippen LogP contribution in [0, 0.1) is 5.82 Å². The molecule has 3 amide bonds. The number of nitrogens with zero attached hydrogens (tertiary/aromatic N) is 1. The first-order valence-corrected chi connectivity index (χ1v) is 10.9. The van der Waals surface area contributed by atoms with Crippen LogP contribution in [0.15, 0.2) is 70.0 Å². The van der Waals surface area contributed by atoms with E-state index in [4.69, 9.17) is 9.15 Å². The zero-order valence-electron chi connectivity index (χ0n) is 17.5. The number of nitrogens with one attached hydrogen (secondary N) is 1. The predicted molar refractivity (Wildman–Crippen MR) is 123 cm³/mol. The molecule has 0 spiro atoms. The third-order valence-corrected chi connectivity index (χ3v) is 5.54. The van der Waals surface area contributed by atoms with Crippen molar-refractivity contribution in [3.63, 3.8) is 0 Å². The van der Waals surface area contributed by atoms with Gasteiger partial charge in [0.2, 0.25) is 5.91 Å². The first-order valence-electron chi connectivity index (χ1n) is 10.1. The SMILES string of the molecule is CCOc1ccc(NC(=O)CN2C(=O)S/C(=C\c3ccc(-c4cccc(F)c4)o3)C2=O)cc1. The fourth-order valence-corrected chi connectivity index (χ4v) is 3.96. The molecule has 1 saturated heterocycles. The molecule has 0 atom stereocenters. The number of thioether (sulfide) groups is 1. The second-order valence-corrected chi connectivity index (χ2v) is 7.98. The molecule has 1 aliphatic heterocycles. The van der Waals surface area contributed by atoms with E-state index in [1.165, 1.54) is 18.2 Å². The molecule has 1 fully saturated rings. The van der Waals surface area contributed by atoms with Crippen molar-refractivity contribution >= 4 is 40.6 Å². The fraction of sp³-hybridized carbons (Fsp3) is 0.125. The number of imide groups is 1. The average molecular weight is 466 g/mol. The summed E-state index contributed by atoms with van der Waals surface area (Å²) in [5.74, 6) is -0.0573. The van der Waals surface area contributed by atoms with Crippen LogP contribution in [0.5, 0.6) is 5.75 Å². The number of rotatable bonds is 7. The minimum atomic E-state index is -0.587. The van der Waals surface area contributed by atoms with Gasteiger partial charge in [-0.15, -0.1) is 0 Å². The highest BCUT2D eigenvalue weighted by molar-refractivity contribution is 8.18. The molecule has 0 bridgehead atoms. The van der Waals surface area contributed by atoms with Crippen LogP contribution in [0.1, 0.15) is 12.7 Å². The number of halogens is 1. The van der Waals surface area contributed by atoms with Gasteiger partial charge in [-0.05, 0) is 67.2 Å². The lowest BCUT2D eigenvalue weighted by atomic mass is 10.2. The Morgan fingerprint density at radius 3 is 2.67 bits per heavy atom. The van der Waals surface area contributed by atoms with Crippen LogP contribution in [0.25, 0.3) is 17.4 Å². The number of ether oxygens (including phenoxy) is 1. The van der Waals surface area contributed by atoms with Crippen molar-refractivity contribution in [3.8, 4) is 17.1 Å². The molecule has 2 heterocycles. The van der Waals surface area contributed by atoms with Crippen LogP contribution in [-0.2, 0) is 9.59 Å². The minimum absolute atomic E-state index is 0.133. The van der Waals surface area contributed by atoms with E-state index in [1.54, 1.807) is 48.5 Å². The van der Waals surface area contributed by atoms with Crippen molar-refractivity contribution in [1.82, 2.24) is 4.90 Å². The normalized spacial score (nSPS) is 14.7. The van der Waals surface area contributed by atoms with Gasteiger partial charge in [-0.1, -0.05) is 12.1 Å². The van der Waals surface area contributed by atoms with Crippen LogP contribution in [0.2, 0.25) is 0 Å². The average Bonchev–Trinajstić information content (AvgIpc) is 3.36. The van der Waals surface area contributed by atoms with E-state index in [0.29, 0.717) is 35.1 Å². The summed E-state index contributed by atoms with van der Waals surface area (Å²) in [6.07, 6.45) is 1.43. The number of furan rings is 1. The van der Waals surface area contributed by atoms with E-state index >= 15 is 0 Å². The topological polar surface area (TPSA) is 88.8 Å². The molecular weight excluding hydrogens is 447 g/mol. The summed E-state index contributed by atoms with van der Waals surface area (Å²) in [5.41, 5.74) is 1.07. The monoisotopic (exact) mass is 466 g/mol. The molecule has 0 saturated carbocycles. The van der Waals surface area contributed by atoms with E-state index in [-0.39, 0.29) is 4.91 Å². The van der Waals surface area contributed by atoms with Crippen molar-refractivity contribution in [2.75, 3.05) is 18.5 Å². The minimum Gasteiger partial charge on any atom is -0.494 e. The molecule has 4 rings (SSSR count). The number of hydrogen-bond donors (Lipinski definition) is 1. The van der Waals surface area contributed by atoms with Gasteiger partial charge >= 0.3 is 0 Å². The lowest BCUT2D eigenvalue weighted by molar-refractivity contribution is -0.127. The molecule has 1 aromatic heterocycles. The number of amides is 3. The second kappa shape index (κ2) is 9.74. The van der Waals surface area contributed by atoms with E-state index in [9.17, 15) is 18.8 Å². The Morgan fingerprint density at radius 1 is 1.15 bits per heavy atom. The van der Waals surface area contributed by atoms with Crippen LogP contribution in [0.3, 0.4) is 0 Å². The van der Waals surface area contributed by atoms with Crippen LogP contribution < -0.4 is 10.1 Å². The molecule has 1 aliphatic rings. The highest BCUT2D eigenvalue weighted by atomic mass is 32.2. The van der Waals surface area contributed by atoms with Crippen LogP contribution in [-0.4, -0.2) is 35.1 Å². The summed E-state index contributed by atoms with van der Waals surface area (Å²) in [5, 5.41) is 2.10. The summed E-state index contributed by atoms with van der Waals surface area (Å²) in [7, 11) is 0. The van der Waals surface area contributed by atoms with Gasteiger partial charge in [0.1, 0.15) is 29.6 Å². The predicted octanol–water partition coefficient (Wildman–Crippen LogP) is 5.16. The molecule has 0 unspecified atom stereocenters. The Bertz CT molecular complexity index is 1240. The standard InChI is InChI=1S/C24H19FN2O5S/c1-2-31-18-8-6-17(7-9-18)26-22(28)14-27-23(29)21(33-24(27)30)13-19-10-11-20(32-19)15-4-3-5-16(25)12-15/h3-13H,2,14H2,1H3,(H,26,28)/b21-13-. The molecule has 168 valence electrons. The van der Waals surface area contributed by atoms with Crippen molar-refractivity contribution in [2.45, 2.75) is 6.92 Å². The number of carbonyl (C=O) groups is 3. The van der Waals surface area contributed by atoms with E-state index in [2.05, 4.69) is 5.32 Å². The van der Waals surface area contributed by atoms with Crippen molar-refractivity contribution in [3.05, 3.63) is 77.1 Å². The zero-order valence-corrected chi connectivity index (χ0v) is 18.4. The highest BCUT2D eigenvalue weighted by Crippen LogP contribution is 2.33. The van der Waals surface area contributed by atoms with Gasteiger partial charge < -0.3 is 14.5 Å². The van der Waals surface area contributed by atoms with E-state index in [0.717, 1.165) is 16.7 Å². The molecule has 3 aromatic rings. The quantitative estimate of drug-likeness (QED) is 0.484. The van der Waals surface area contributed by atoms with Gasteiger partial charge in [0.25, 0.3) is 11.1 Å². The van der Waals surface area contributed by atoms with Crippen molar-refractivity contribution < 1.29 is 27.9 Å². The van der Waals surface area contributed by atoms with Gasteiger partial charge in [0.05, 0.1) is 11.5 Å². The van der Waals surface area contributed by atoms with Gasteiger partial charge in [-0.3, -0.25) is 19.3 Å². The highest BCUT2D eigenvalue weighted by Gasteiger charge is 2.36.